The number of hydrogen-bond donors (Lipinski definition) is 0. The Morgan fingerprint density at radius 3 is 2.46 bits per heavy atom. The number of likely N-dealkylation sites (tertiary alicyclic amines) is 1. The summed E-state index contributed by atoms with van der Waals surface area (Å²) in [4.78, 5) is 32.5. The number of benzene rings is 2. The molecule has 0 aliphatic carbocycles. The molecule has 256 valence electrons. The summed E-state index contributed by atoms with van der Waals surface area (Å²) in [6.45, 7) is 9.87. The number of fused-ring (bicyclic) bond motifs is 1. The van der Waals surface area contributed by atoms with Crippen molar-refractivity contribution < 1.29 is 9.53 Å². The van der Waals surface area contributed by atoms with Crippen LogP contribution < -0.4 is 0 Å². The second-order valence-corrected chi connectivity index (χ2v) is 13.4. The molecule has 8 nitrogen and oxygen atoms in total. The topological polar surface area (TPSA) is 76.4 Å². The Morgan fingerprint density at radius 2 is 1.68 bits per heavy atom. The van der Waals surface area contributed by atoms with Crippen molar-refractivity contribution in [2.45, 2.75) is 52.1 Å². The molecule has 0 radical (unpaired) electrons. The molecule has 0 unspecified atom stereocenters. The Labute approximate surface area is 295 Å². The molecule has 5 aromatic rings. The van der Waals surface area contributed by atoms with Gasteiger partial charge in [0.1, 0.15) is 11.3 Å². The van der Waals surface area contributed by atoms with Gasteiger partial charge in [-0.2, -0.15) is 0 Å². The van der Waals surface area contributed by atoms with Crippen molar-refractivity contribution in [1.82, 2.24) is 29.3 Å². The van der Waals surface area contributed by atoms with Crippen molar-refractivity contribution in [1.29, 1.82) is 0 Å². The van der Waals surface area contributed by atoms with Crippen LogP contribution in [0.15, 0.2) is 97.3 Å². The van der Waals surface area contributed by atoms with E-state index in [0.29, 0.717) is 31.9 Å². The molecule has 0 spiro atoms. The van der Waals surface area contributed by atoms with Crippen LogP contribution in [0.2, 0.25) is 0 Å². The van der Waals surface area contributed by atoms with E-state index in [4.69, 9.17) is 9.72 Å². The average Bonchev–Trinajstić information content (AvgIpc) is 3.79. The molecule has 2 aliphatic rings. The molecule has 2 aromatic carbocycles. The number of hydrogen-bond acceptors (Lipinski definition) is 6. The number of aryl methyl sites for hydroxylation is 2. The largest absolute Gasteiger partial charge is 0.381 e. The number of carbonyl (C=O) groups is 1. The molecular weight excluding hydrogens is 621 g/mol. The van der Waals surface area contributed by atoms with Gasteiger partial charge in [-0.15, -0.1) is 0 Å². The van der Waals surface area contributed by atoms with Gasteiger partial charge in [0.15, 0.2) is 0 Å². The lowest BCUT2D eigenvalue weighted by Gasteiger charge is -2.33. The quantitative estimate of drug-likeness (QED) is 0.147. The molecule has 1 amide bonds. The van der Waals surface area contributed by atoms with Crippen LogP contribution in [0.1, 0.15) is 69.9 Å². The van der Waals surface area contributed by atoms with Crippen molar-refractivity contribution in [2.24, 2.45) is 0 Å². The first-order chi connectivity index (χ1) is 24.5. The van der Waals surface area contributed by atoms with E-state index in [9.17, 15) is 4.79 Å². The maximum atomic E-state index is 14.1. The molecule has 2 aliphatic heterocycles. The predicted octanol–water partition coefficient (Wildman–Crippen LogP) is 7.35. The van der Waals surface area contributed by atoms with Gasteiger partial charge in [-0.25, -0.2) is 9.97 Å². The summed E-state index contributed by atoms with van der Waals surface area (Å²) in [7, 11) is 0. The first kappa shape index (κ1) is 33.6. The molecule has 0 bridgehead atoms. The van der Waals surface area contributed by atoms with Crippen LogP contribution in [0.5, 0.6) is 0 Å². The first-order valence-corrected chi connectivity index (χ1v) is 17.9. The minimum Gasteiger partial charge on any atom is -0.381 e. The fourth-order valence-corrected chi connectivity index (χ4v) is 7.07. The SMILES string of the molecule is Cc1ccc(/C(=C\CN2CCCC2)c2cccc(/C=C/CN(C(=O)c3ccc(Cn4c(C)nc5cnccc54)cc3)C3CCOCC3)n2)cc1. The number of aromatic nitrogens is 4. The molecular formula is C42H46N6O2. The van der Waals surface area contributed by atoms with Gasteiger partial charge in [0, 0.05) is 56.2 Å². The Balaban J connectivity index is 1.08. The third kappa shape index (κ3) is 7.93. The number of nitrogens with zero attached hydrogens (tertiary/aromatic N) is 6. The van der Waals surface area contributed by atoms with Gasteiger partial charge in [0.25, 0.3) is 5.91 Å². The van der Waals surface area contributed by atoms with E-state index in [0.717, 1.165) is 71.9 Å². The lowest BCUT2D eigenvalue weighted by atomic mass is 10.00. The van der Waals surface area contributed by atoms with Crippen LogP contribution in [-0.2, 0) is 11.3 Å². The third-order valence-electron chi connectivity index (χ3n) is 9.93. The third-order valence-corrected chi connectivity index (χ3v) is 9.93. The van der Waals surface area contributed by atoms with E-state index in [-0.39, 0.29) is 11.9 Å². The molecule has 50 heavy (non-hydrogen) atoms. The van der Waals surface area contributed by atoms with E-state index in [1.165, 1.54) is 24.0 Å². The normalized spacial score (nSPS) is 16.1. The van der Waals surface area contributed by atoms with Gasteiger partial charge >= 0.3 is 0 Å². The summed E-state index contributed by atoms with van der Waals surface area (Å²) < 4.78 is 7.84. The molecule has 3 aromatic heterocycles. The van der Waals surface area contributed by atoms with E-state index in [1.807, 2.05) is 42.2 Å². The fraction of sp³-hybridized carbons (Fsp3) is 0.333. The summed E-state index contributed by atoms with van der Waals surface area (Å²) in [5.74, 6) is 0.979. The molecule has 5 heterocycles. The van der Waals surface area contributed by atoms with Gasteiger partial charge in [0.2, 0.25) is 0 Å². The van der Waals surface area contributed by atoms with E-state index in [1.54, 1.807) is 12.4 Å². The molecule has 0 atom stereocenters. The summed E-state index contributed by atoms with van der Waals surface area (Å²) >= 11 is 0. The van der Waals surface area contributed by atoms with Crippen molar-refractivity contribution >= 4 is 28.6 Å². The number of imidazole rings is 1. The summed E-state index contributed by atoms with van der Waals surface area (Å²) in [6.07, 6.45) is 14.2. The molecule has 7 rings (SSSR count). The van der Waals surface area contributed by atoms with Crippen molar-refractivity contribution in [3.05, 3.63) is 137 Å². The average molecular weight is 667 g/mol. The second-order valence-electron chi connectivity index (χ2n) is 13.4. The maximum absolute atomic E-state index is 14.1. The highest BCUT2D eigenvalue weighted by Gasteiger charge is 2.26. The van der Waals surface area contributed by atoms with E-state index < -0.39 is 0 Å². The maximum Gasteiger partial charge on any atom is 0.254 e. The number of rotatable bonds is 11. The minimum atomic E-state index is 0.0386. The van der Waals surface area contributed by atoms with Gasteiger partial charge in [-0.3, -0.25) is 14.7 Å². The Morgan fingerprint density at radius 1 is 0.920 bits per heavy atom. The Kier molecular flexibility index (Phi) is 10.6. The predicted molar refractivity (Wildman–Crippen MR) is 200 cm³/mol. The zero-order valence-electron chi connectivity index (χ0n) is 29.2. The van der Waals surface area contributed by atoms with Gasteiger partial charge in [-0.1, -0.05) is 60.2 Å². The molecule has 0 saturated carbocycles. The molecule has 2 fully saturated rings. The van der Waals surface area contributed by atoms with Gasteiger partial charge < -0.3 is 14.2 Å². The molecule has 0 N–H and O–H groups in total. The highest BCUT2D eigenvalue weighted by atomic mass is 16.5. The van der Waals surface area contributed by atoms with Crippen molar-refractivity contribution in [3.63, 3.8) is 0 Å². The number of amides is 1. The van der Waals surface area contributed by atoms with Crippen LogP contribution in [0, 0.1) is 13.8 Å². The Bertz CT molecular complexity index is 1970. The molecule has 2 saturated heterocycles. The first-order valence-electron chi connectivity index (χ1n) is 17.9. The van der Waals surface area contributed by atoms with Crippen LogP contribution >= 0.6 is 0 Å². The van der Waals surface area contributed by atoms with Crippen LogP contribution in [0.25, 0.3) is 22.7 Å². The lowest BCUT2D eigenvalue weighted by Crippen LogP contribution is -2.43. The number of carbonyl (C=O) groups excluding carboxylic acids is 1. The van der Waals surface area contributed by atoms with Gasteiger partial charge in [0.05, 0.1) is 23.1 Å². The summed E-state index contributed by atoms with van der Waals surface area (Å²) in [6, 6.07) is 25.1. The highest BCUT2D eigenvalue weighted by molar-refractivity contribution is 5.94. The van der Waals surface area contributed by atoms with Crippen LogP contribution in [0.4, 0.5) is 0 Å². The standard InChI is InChI=1S/C42H46N6O2/c1-31-10-14-34(15-11-31)38(19-26-46-23-3-4-24-46)39-9-5-7-36(45-39)8-6-25-47(37-20-27-50-28-21-37)42(49)35-16-12-33(13-17-35)30-48-32(2)44-40-29-43-22-18-41(40)48/h5-19,22,29,37H,3-4,20-21,23-28,30H2,1-2H3/b8-6+,38-19+. The summed E-state index contributed by atoms with van der Waals surface area (Å²) in [5, 5.41) is 0. The zero-order chi connectivity index (χ0) is 34.3. The van der Waals surface area contributed by atoms with Gasteiger partial charge in [-0.05, 0) is 100 Å². The van der Waals surface area contributed by atoms with E-state index >= 15 is 0 Å². The minimum absolute atomic E-state index is 0.0386. The number of pyridine rings is 2. The zero-order valence-corrected chi connectivity index (χ0v) is 29.2. The smallest absolute Gasteiger partial charge is 0.254 e. The monoisotopic (exact) mass is 666 g/mol. The molecule has 8 heteroatoms. The van der Waals surface area contributed by atoms with E-state index in [2.05, 4.69) is 87.0 Å². The van der Waals surface area contributed by atoms with Crippen molar-refractivity contribution in [3.8, 4) is 0 Å². The van der Waals surface area contributed by atoms with Crippen molar-refractivity contribution in [2.75, 3.05) is 39.4 Å². The van der Waals surface area contributed by atoms with Crippen LogP contribution in [-0.4, -0.2) is 80.7 Å². The Hall–Kier alpha value is -4.92. The number of ether oxygens (including phenoxy) is 1. The summed E-state index contributed by atoms with van der Waals surface area (Å²) in [5.41, 5.74) is 9.17. The van der Waals surface area contributed by atoms with Crippen LogP contribution in [0.3, 0.4) is 0 Å². The lowest BCUT2D eigenvalue weighted by molar-refractivity contribution is 0.0323. The highest BCUT2D eigenvalue weighted by Crippen LogP contribution is 2.25. The fourth-order valence-electron chi connectivity index (χ4n) is 7.07. The second kappa shape index (κ2) is 15.7.